The van der Waals surface area contributed by atoms with Gasteiger partial charge in [0.1, 0.15) is 22.0 Å². The van der Waals surface area contributed by atoms with Gasteiger partial charge in [0.15, 0.2) is 11.5 Å². The predicted octanol–water partition coefficient (Wildman–Crippen LogP) is 2.97. The van der Waals surface area contributed by atoms with Crippen LogP contribution in [0.25, 0.3) is 22.6 Å². The van der Waals surface area contributed by atoms with E-state index in [4.69, 9.17) is 28.9 Å². The fraction of sp³-hybridized carbons (Fsp3) is 0. The molecule has 3 aromatic rings. The van der Waals surface area contributed by atoms with Crippen LogP contribution >= 0.6 is 34.5 Å². The summed E-state index contributed by atoms with van der Waals surface area (Å²) >= 11 is 13.2. The maximum Gasteiger partial charge on any atom is 0.183 e. The minimum Gasteiger partial charge on any atom is -0.382 e. The van der Waals surface area contributed by atoms with Crippen molar-refractivity contribution in [1.82, 2.24) is 19.9 Å². The molecule has 3 N–H and O–H groups in total. The molecule has 17 heavy (non-hydrogen) atoms. The van der Waals surface area contributed by atoms with Crippen LogP contribution in [0.3, 0.4) is 0 Å². The molecule has 0 radical (unpaired) electrons. The Bertz CT molecular complexity index is 705. The number of H-pyrrole nitrogens is 1. The van der Waals surface area contributed by atoms with E-state index in [0.717, 1.165) is 5.56 Å². The van der Waals surface area contributed by atoms with Crippen LogP contribution in [0.5, 0.6) is 0 Å². The van der Waals surface area contributed by atoms with Crippen LogP contribution in [-0.2, 0) is 0 Å². The molecule has 0 aliphatic rings. The van der Waals surface area contributed by atoms with E-state index in [-0.39, 0.29) is 0 Å². The van der Waals surface area contributed by atoms with Crippen molar-refractivity contribution >= 4 is 51.5 Å². The van der Waals surface area contributed by atoms with Crippen molar-refractivity contribution in [1.29, 1.82) is 0 Å². The Kier molecular flexibility index (Phi) is 2.43. The molecule has 0 saturated heterocycles. The van der Waals surface area contributed by atoms with Crippen molar-refractivity contribution in [2.24, 2.45) is 0 Å². The van der Waals surface area contributed by atoms with Gasteiger partial charge in [0.2, 0.25) is 0 Å². The molecule has 0 aromatic carbocycles. The monoisotopic (exact) mass is 285 g/mol. The molecular weight excluding hydrogens is 281 g/mol. The third-order valence-corrected chi connectivity index (χ3v) is 3.72. The molecule has 0 aliphatic heterocycles. The summed E-state index contributed by atoms with van der Waals surface area (Å²) in [6.07, 6.45) is 1.37. The van der Waals surface area contributed by atoms with Gasteiger partial charge in [-0.05, 0) is 6.07 Å². The van der Waals surface area contributed by atoms with Crippen LogP contribution in [0, 0.1) is 0 Å². The lowest BCUT2D eigenvalue weighted by molar-refractivity contribution is 1.21. The first kappa shape index (κ1) is 10.8. The lowest BCUT2D eigenvalue weighted by Crippen LogP contribution is -1.91. The fourth-order valence-electron chi connectivity index (χ4n) is 1.48. The highest BCUT2D eigenvalue weighted by molar-refractivity contribution is 7.20. The summed E-state index contributed by atoms with van der Waals surface area (Å²) in [7, 11) is 0. The number of hydrogen-bond acceptors (Lipinski definition) is 5. The van der Waals surface area contributed by atoms with Crippen molar-refractivity contribution in [2.45, 2.75) is 0 Å². The van der Waals surface area contributed by atoms with Crippen LogP contribution in [0.15, 0.2) is 12.4 Å². The molecule has 0 aliphatic carbocycles. The summed E-state index contributed by atoms with van der Waals surface area (Å²) < 4.78 is 1.17. The molecular formula is C9H5Cl2N5S. The third kappa shape index (κ3) is 1.74. The number of aromatic nitrogens is 4. The SMILES string of the molecule is Nc1ncnc2nc(-c3cc(Cl)sc3Cl)[nH]c12. The highest BCUT2D eigenvalue weighted by Gasteiger charge is 2.14. The molecule has 3 rings (SSSR count). The Morgan fingerprint density at radius 2 is 2.12 bits per heavy atom. The summed E-state index contributed by atoms with van der Waals surface area (Å²) in [6.45, 7) is 0. The second kappa shape index (κ2) is 3.83. The normalized spacial score (nSPS) is 11.2. The Morgan fingerprint density at radius 3 is 2.76 bits per heavy atom. The van der Waals surface area contributed by atoms with Gasteiger partial charge in [-0.3, -0.25) is 0 Å². The Balaban J connectivity index is 2.25. The quantitative estimate of drug-likeness (QED) is 0.720. The highest BCUT2D eigenvalue weighted by Crippen LogP contribution is 2.37. The van der Waals surface area contributed by atoms with E-state index in [1.807, 2.05) is 0 Å². The molecule has 5 nitrogen and oxygen atoms in total. The summed E-state index contributed by atoms with van der Waals surface area (Å²) in [5, 5.41) is 0. The van der Waals surface area contributed by atoms with Crippen LogP contribution in [0.4, 0.5) is 5.82 Å². The van der Waals surface area contributed by atoms with E-state index in [2.05, 4.69) is 19.9 Å². The maximum atomic E-state index is 6.05. The first-order chi connectivity index (χ1) is 8.15. The zero-order valence-corrected chi connectivity index (χ0v) is 10.6. The zero-order chi connectivity index (χ0) is 12.0. The largest absolute Gasteiger partial charge is 0.382 e. The van der Waals surface area contributed by atoms with E-state index in [1.54, 1.807) is 6.07 Å². The number of aromatic amines is 1. The van der Waals surface area contributed by atoms with Gasteiger partial charge in [0.05, 0.1) is 4.34 Å². The molecule has 0 atom stereocenters. The fourth-order valence-corrected chi connectivity index (χ4v) is 2.94. The Hall–Kier alpha value is -1.37. The second-order valence-electron chi connectivity index (χ2n) is 3.28. The molecule has 3 heterocycles. The van der Waals surface area contributed by atoms with Crippen molar-refractivity contribution in [3.63, 3.8) is 0 Å². The van der Waals surface area contributed by atoms with Crippen molar-refractivity contribution in [3.8, 4) is 11.4 Å². The van der Waals surface area contributed by atoms with Crippen LogP contribution in [0.1, 0.15) is 0 Å². The van der Waals surface area contributed by atoms with E-state index in [1.165, 1.54) is 17.7 Å². The topological polar surface area (TPSA) is 80.5 Å². The molecule has 0 saturated carbocycles. The second-order valence-corrected chi connectivity index (χ2v) is 5.57. The number of nitrogens with one attached hydrogen (secondary N) is 1. The molecule has 0 unspecified atom stereocenters. The van der Waals surface area contributed by atoms with E-state index >= 15 is 0 Å². The summed E-state index contributed by atoms with van der Waals surface area (Å²) in [5.74, 6) is 0.937. The van der Waals surface area contributed by atoms with Crippen LogP contribution in [0.2, 0.25) is 8.67 Å². The first-order valence-corrected chi connectivity index (χ1v) is 6.14. The Labute approximate surface area is 110 Å². The van der Waals surface area contributed by atoms with Gasteiger partial charge in [0.25, 0.3) is 0 Å². The van der Waals surface area contributed by atoms with Gasteiger partial charge in [-0.25, -0.2) is 15.0 Å². The number of nitrogen functional groups attached to an aromatic ring is 1. The third-order valence-electron chi connectivity index (χ3n) is 2.23. The van der Waals surface area contributed by atoms with Gasteiger partial charge in [0, 0.05) is 5.56 Å². The molecule has 0 spiro atoms. The van der Waals surface area contributed by atoms with Crippen LogP contribution in [-0.4, -0.2) is 19.9 Å². The number of imidazole rings is 1. The van der Waals surface area contributed by atoms with Gasteiger partial charge in [-0.1, -0.05) is 23.2 Å². The number of anilines is 1. The van der Waals surface area contributed by atoms with Crippen molar-refractivity contribution < 1.29 is 0 Å². The minimum atomic E-state index is 0.353. The molecule has 0 amide bonds. The minimum absolute atomic E-state index is 0.353. The van der Waals surface area contributed by atoms with E-state index in [0.29, 0.717) is 31.5 Å². The summed E-state index contributed by atoms with van der Waals surface area (Å²) in [5.41, 5.74) is 7.55. The smallest absolute Gasteiger partial charge is 0.183 e. The average Bonchev–Trinajstić information content (AvgIpc) is 2.82. The van der Waals surface area contributed by atoms with Crippen molar-refractivity contribution in [3.05, 3.63) is 21.1 Å². The number of rotatable bonds is 1. The summed E-state index contributed by atoms with van der Waals surface area (Å²) in [6, 6.07) is 1.75. The number of nitrogens with two attached hydrogens (primary N) is 1. The number of fused-ring (bicyclic) bond motifs is 1. The molecule has 0 bridgehead atoms. The zero-order valence-electron chi connectivity index (χ0n) is 8.24. The molecule has 0 fully saturated rings. The lowest BCUT2D eigenvalue weighted by atomic mass is 10.3. The lowest BCUT2D eigenvalue weighted by Gasteiger charge is -1.91. The van der Waals surface area contributed by atoms with Gasteiger partial charge < -0.3 is 10.7 Å². The standard InChI is InChI=1S/C9H5Cl2N5S/c10-4-1-3(6(11)17-4)8-15-5-7(12)13-2-14-9(5)16-8/h1-2H,(H3,12,13,14,15,16). The number of nitrogens with zero attached hydrogens (tertiary/aromatic N) is 3. The maximum absolute atomic E-state index is 6.05. The number of hydrogen-bond donors (Lipinski definition) is 2. The predicted molar refractivity (Wildman–Crippen MR) is 69.4 cm³/mol. The van der Waals surface area contributed by atoms with Gasteiger partial charge in [-0.15, -0.1) is 11.3 Å². The van der Waals surface area contributed by atoms with Crippen LogP contribution < -0.4 is 5.73 Å². The van der Waals surface area contributed by atoms with Gasteiger partial charge >= 0.3 is 0 Å². The molecule has 8 heteroatoms. The first-order valence-electron chi connectivity index (χ1n) is 4.56. The average molecular weight is 286 g/mol. The van der Waals surface area contributed by atoms with Gasteiger partial charge in [-0.2, -0.15) is 0 Å². The summed E-state index contributed by atoms with van der Waals surface area (Å²) in [4.78, 5) is 15.2. The molecule has 86 valence electrons. The number of thiophene rings is 1. The highest BCUT2D eigenvalue weighted by atomic mass is 35.5. The van der Waals surface area contributed by atoms with E-state index < -0.39 is 0 Å². The van der Waals surface area contributed by atoms with Crippen molar-refractivity contribution in [2.75, 3.05) is 5.73 Å². The van der Waals surface area contributed by atoms with E-state index in [9.17, 15) is 0 Å². The number of halogens is 2. The molecule has 3 aromatic heterocycles. The Morgan fingerprint density at radius 1 is 1.29 bits per heavy atom.